The number of carbonyl (C=O) groups excluding carboxylic acids is 2. The van der Waals surface area contributed by atoms with Crippen molar-refractivity contribution in [1.29, 1.82) is 0 Å². The molecule has 0 bridgehead atoms. The summed E-state index contributed by atoms with van der Waals surface area (Å²) in [5.74, 6) is 1.02. The molecule has 22 heavy (non-hydrogen) atoms. The van der Waals surface area contributed by atoms with Crippen LogP contribution in [0.2, 0.25) is 0 Å². The molecule has 0 saturated heterocycles. The van der Waals surface area contributed by atoms with Crippen LogP contribution in [0.1, 0.15) is 43.8 Å². The molecule has 1 aromatic heterocycles. The molecule has 0 aliphatic heterocycles. The fraction of sp³-hybridized carbons (Fsp3) is 0.312. The van der Waals surface area contributed by atoms with Crippen LogP contribution >= 0.6 is 0 Å². The number of nitrogens with zero attached hydrogens (tertiary/aromatic N) is 1. The van der Waals surface area contributed by atoms with E-state index in [9.17, 15) is 9.59 Å². The molecule has 0 radical (unpaired) electrons. The molecule has 2 amide bonds. The van der Waals surface area contributed by atoms with Gasteiger partial charge in [-0.3, -0.25) is 10.1 Å². The number of nitrogens with one attached hydrogen (secondary N) is 2. The van der Waals surface area contributed by atoms with Gasteiger partial charge in [-0.15, -0.1) is 0 Å². The van der Waals surface area contributed by atoms with Crippen molar-refractivity contribution in [3.63, 3.8) is 0 Å². The van der Waals surface area contributed by atoms with Crippen molar-refractivity contribution in [3.8, 4) is 0 Å². The summed E-state index contributed by atoms with van der Waals surface area (Å²) < 4.78 is 5.19. The molecule has 0 saturated carbocycles. The lowest BCUT2D eigenvalue weighted by atomic mass is 9.93. The molecule has 0 atom stereocenters. The second-order valence-corrected chi connectivity index (χ2v) is 6.04. The first-order valence-electron chi connectivity index (χ1n) is 6.92. The van der Waals surface area contributed by atoms with Gasteiger partial charge in [0.1, 0.15) is 5.76 Å². The summed E-state index contributed by atoms with van der Waals surface area (Å²) in [4.78, 5) is 23.1. The lowest BCUT2D eigenvalue weighted by Crippen LogP contribution is -2.19. The first-order chi connectivity index (χ1) is 10.3. The number of amides is 2. The van der Waals surface area contributed by atoms with Crippen LogP contribution in [0.5, 0.6) is 0 Å². The van der Waals surface area contributed by atoms with Crippen LogP contribution in [0.4, 0.5) is 16.3 Å². The molecule has 2 aromatic rings. The minimum absolute atomic E-state index is 0.0201. The van der Waals surface area contributed by atoms with Gasteiger partial charge in [0.25, 0.3) is 0 Å². The largest absolute Gasteiger partial charge is 0.359 e. The van der Waals surface area contributed by atoms with E-state index in [1.54, 1.807) is 30.3 Å². The molecule has 6 heteroatoms. The Balaban J connectivity index is 1.98. The molecule has 6 nitrogen and oxygen atoms in total. The molecular weight excluding hydrogens is 282 g/mol. The maximum atomic E-state index is 11.9. The van der Waals surface area contributed by atoms with Crippen LogP contribution in [0.3, 0.4) is 0 Å². The Morgan fingerprint density at radius 1 is 1.09 bits per heavy atom. The van der Waals surface area contributed by atoms with E-state index in [-0.39, 0.29) is 11.2 Å². The number of rotatable bonds is 3. The molecule has 2 N–H and O–H groups in total. The number of urea groups is 1. The Bertz CT molecular complexity index is 681. The summed E-state index contributed by atoms with van der Waals surface area (Å²) in [7, 11) is 0. The Labute approximate surface area is 128 Å². The SMILES string of the molecule is CC(=O)c1ccc(NC(=O)Nc2cc(C(C)(C)C)on2)cc1. The third-order valence-corrected chi connectivity index (χ3v) is 3.04. The lowest BCUT2D eigenvalue weighted by Gasteiger charge is -2.12. The van der Waals surface area contributed by atoms with Crippen molar-refractivity contribution < 1.29 is 14.1 Å². The number of anilines is 2. The number of ketones is 1. The number of benzene rings is 1. The summed E-state index contributed by atoms with van der Waals surface area (Å²) in [5, 5.41) is 9.07. The maximum Gasteiger partial charge on any atom is 0.324 e. The van der Waals surface area contributed by atoms with Crippen LogP contribution in [-0.2, 0) is 5.41 Å². The zero-order valence-electron chi connectivity index (χ0n) is 13.1. The Morgan fingerprint density at radius 2 is 1.73 bits per heavy atom. The highest BCUT2D eigenvalue weighted by Gasteiger charge is 2.20. The maximum absolute atomic E-state index is 11.9. The van der Waals surface area contributed by atoms with Crippen LogP contribution < -0.4 is 10.6 Å². The minimum atomic E-state index is -0.427. The van der Waals surface area contributed by atoms with Crippen molar-refractivity contribution in [3.05, 3.63) is 41.7 Å². The van der Waals surface area contributed by atoms with Crippen LogP contribution in [0, 0.1) is 0 Å². The van der Waals surface area contributed by atoms with Crippen LogP contribution in [0.15, 0.2) is 34.9 Å². The Kier molecular flexibility index (Phi) is 4.30. The first kappa shape index (κ1) is 15.8. The number of aromatic nitrogens is 1. The van der Waals surface area contributed by atoms with Crippen molar-refractivity contribution in [2.75, 3.05) is 10.6 Å². The van der Waals surface area contributed by atoms with Gasteiger partial charge >= 0.3 is 6.03 Å². The highest BCUT2D eigenvalue weighted by Crippen LogP contribution is 2.24. The van der Waals surface area contributed by atoms with Crippen molar-refractivity contribution in [2.24, 2.45) is 0 Å². The molecule has 0 aliphatic carbocycles. The van der Waals surface area contributed by atoms with Crippen molar-refractivity contribution in [2.45, 2.75) is 33.1 Å². The second kappa shape index (κ2) is 6.01. The average molecular weight is 301 g/mol. The molecule has 0 unspecified atom stereocenters. The fourth-order valence-electron chi connectivity index (χ4n) is 1.75. The molecular formula is C16H19N3O3. The van der Waals surface area contributed by atoms with Crippen LogP contribution in [-0.4, -0.2) is 17.0 Å². The van der Waals surface area contributed by atoms with E-state index in [0.717, 1.165) is 0 Å². The Hall–Kier alpha value is -2.63. The summed E-state index contributed by atoms with van der Waals surface area (Å²) in [6.45, 7) is 7.47. The number of carbonyl (C=O) groups is 2. The summed E-state index contributed by atoms with van der Waals surface area (Å²) in [5.41, 5.74) is 1.01. The first-order valence-corrected chi connectivity index (χ1v) is 6.92. The van der Waals surface area contributed by atoms with E-state index in [2.05, 4.69) is 15.8 Å². The summed E-state index contributed by atoms with van der Waals surface area (Å²) >= 11 is 0. The standard InChI is InChI=1S/C16H19N3O3/c1-10(20)11-5-7-12(8-6-11)17-15(21)18-14-9-13(22-19-14)16(2,3)4/h5-9H,1-4H3,(H2,17,18,19,21). The monoisotopic (exact) mass is 301 g/mol. The topological polar surface area (TPSA) is 84.2 Å². The van der Waals surface area contributed by atoms with Gasteiger partial charge in [-0.25, -0.2) is 4.79 Å². The predicted octanol–water partition coefficient (Wildman–Crippen LogP) is 3.82. The Morgan fingerprint density at radius 3 is 2.23 bits per heavy atom. The zero-order chi connectivity index (χ0) is 16.3. The molecule has 1 aromatic carbocycles. The van der Waals surface area contributed by atoms with E-state index < -0.39 is 6.03 Å². The fourth-order valence-corrected chi connectivity index (χ4v) is 1.75. The van der Waals surface area contributed by atoms with E-state index in [4.69, 9.17) is 4.52 Å². The average Bonchev–Trinajstić information content (AvgIpc) is 2.87. The zero-order valence-corrected chi connectivity index (χ0v) is 13.1. The predicted molar refractivity (Wildman–Crippen MR) is 84.3 cm³/mol. The van der Waals surface area contributed by atoms with Gasteiger partial charge in [-0.05, 0) is 31.2 Å². The van der Waals surface area contributed by atoms with E-state index in [0.29, 0.717) is 22.8 Å². The highest BCUT2D eigenvalue weighted by molar-refractivity contribution is 6.00. The van der Waals surface area contributed by atoms with Gasteiger partial charge in [-0.2, -0.15) is 0 Å². The summed E-state index contributed by atoms with van der Waals surface area (Å²) in [6, 6.07) is 7.92. The summed E-state index contributed by atoms with van der Waals surface area (Å²) in [6.07, 6.45) is 0. The van der Waals surface area contributed by atoms with Gasteiger partial charge in [0.15, 0.2) is 11.6 Å². The van der Waals surface area contributed by atoms with Gasteiger partial charge in [0.2, 0.25) is 0 Å². The van der Waals surface area contributed by atoms with Gasteiger partial charge in [-0.1, -0.05) is 25.9 Å². The van der Waals surface area contributed by atoms with Crippen molar-refractivity contribution in [1.82, 2.24) is 5.16 Å². The number of Topliss-reactive ketones (excluding diaryl/α,β-unsaturated/α-hetero) is 1. The molecule has 2 rings (SSSR count). The molecule has 0 fully saturated rings. The van der Waals surface area contributed by atoms with Gasteiger partial charge in [0, 0.05) is 22.7 Å². The van der Waals surface area contributed by atoms with Crippen molar-refractivity contribution >= 4 is 23.3 Å². The van der Waals surface area contributed by atoms with Gasteiger partial charge < -0.3 is 9.84 Å². The van der Waals surface area contributed by atoms with Crippen LogP contribution in [0.25, 0.3) is 0 Å². The highest BCUT2D eigenvalue weighted by atomic mass is 16.5. The second-order valence-electron chi connectivity index (χ2n) is 6.04. The molecule has 1 heterocycles. The lowest BCUT2D eigenvalue weighted by molar-refractivity contribution is 0.101. The molecule has 0 aliphatic rings. The molecule has 116 valence electrons. The number of hydrogen-bond acceptors (Lipinski definition) is 4. The normalized spacial score (nSPS) is 11.1. The van der Waals surface area contributed by atoms with Gasteiger partial charge in [0.05, 0.1) is 0 Å². The van der Waals surface area contributed by atoms with E-state index in [1.807, 2.05) is 20.8 Å². The third-order valence-electron chi connectivity index (χ3n) is 3.04. The van der Waals surface area contributed by atoms with E-state index in [1.165, 1.54) is 6.92 Å². The molecule has 0 spiro atoms. The minimum Gasteiger partial charge on any atom is -0.359 e. The van der Waals surface area contributed by atoms with E-state index >= 15 is 0 Å². The number of hydrogen-bond donors (Lipinski definition) is 2. The quantitative estimate of drug-likeness (QED) is 0.844. The smallest absolute Gasteiger partial charge is 0.324 e. The third kappa shape index (κ3) is 3.94.